The van der Waals surface area contributed by atoms with Crippen LogP contribution < -0.4 is 4.72 Å². The molecule has 0 aliphatic rings. The van der Waals surface area contributed by atoms with Crippen LogP contribution in [0.3, 0.4) is 0 Å². The number of carbonyl (C=O) groups is 1. The molecule has 0 aliphatic heterocycles. The van der Waals surface area contributed by atoms with Crippen LogP contribution in [0.2, 0.25) is 0 Å². The first-order chi connectivity index (χ1) is 9.74. The maximum absolute atomic E-state index is 13.8. The fourth-order valence-electron chi connectivity index (χ4n) is 1.85. The standard InChI is InChI=1S/C12H11FN2O5S/c1-6-11(7(2)20-14-6)21(18,19)15-10-8(12(16)17)4-3-5-9(10)13/h3-5,15H,1-2H3,(H,16,17). The highest BCUT2D eigenvalue weighted by molar-refractivity contribution is 7.92. The van der Waals surface area contributed by atoms with Gasteiger partial charge in [-0.15, -0.1) is 0 Å². The summed E-state index contributed by atoms with van der Waals surface area (Å²) in [6.45, 7) is 2.79. The van der Waals surface area contributed by atoms with E-state index in [2.05, 4.69) is 5.16 Å². The van der Waals surface area contributed by atoms with Crippen molar-refractivity contribution in [1.82, 2.24) is 5.16 Å². The van der Waals surface area contributed by atoms with Gasteiger partial charge in [0, 0.05) is 0 Å². The van der Waals surface area contributed by atoms with Gasteiger partial charge in [0.05, 0.1) is 11.3 Å². The van der Waals surface area contributed by atoms with Crippen LogP contribution in [0.25, 0.3) is 0 Å². The Morgan fingerprint density at radius 1 is 1.38 bits per heavy atom. The van der Waals surface area contributed by atoms with Crippen molar-refractivity contribution < 1.29 is 27.2 Å². The van der Waals surface area contributed by atoms with E-state index in [1.807, 2.05) is 4.72 Å². The maximum Gasteiger partial charge on any atom is 0.337 e. The molecule has 0 aliphatic carbocycles. The number of aromatic carboxylic acids is 1. The second kappa shape index (κ2) is 5.17. The average molecular weight is 314 g/mol. The van der Waals surface area contributed by atoms with Gasteiger partial charge in [-0.05, 0) is 26.0 Å². The number of aromatic nitrogens is 1. The molecule has 1 aromatic carbocycles. The number of nitrogens with one attached hydrogen (secondary N) is 1. The summed E-state index contributed by atoms with van der Waals surface area (Å²) in [4.78, 5) is 10.8. The van der Waals surface area contributed by atoms with Crippen LogP contribution in [-0.2, 0) is 10.0 Å². The van der Waals surface area contributed by atoms with Gasteiger partial charge < -0.3 is 9.63 Å². The molecule has 0 unspecified atom stereocenters. The van der Waals surface area contributed by atoms with Crippen molar-refractivity contribution in [1.29, 1.82) is 0 Å². The molecular weight excluding hydrogens is 303 g/mol. The van der Waals surface area contributed by atoms with Crippen molar-refractivity contribution in [3.8, 4) is 0 Å². The predicted octanol–water partition coefficient (Wildman–Crippen LogP) is 1.93. The minimum Gasteiger partial charge on any atom is -0.478 e. The van der Waals surface area contributed by atoms with Gasteiger partial charge >= 0.3 is 5.97 Å². The van der Waals surface area contributed by atoms with E-state index >= 15 is 0 Å². The lowest BCUT2D eigenvalue weighted by Gasteiger charge is -2.11. The number of hydrogen-bond donors (Lipinski definition) is 2. The molecule has 0 spiro atoms. The van der Waals surface area contributed by atoms with E-state index in [-0.39, 0.29) is 16.3 Å². The molecule has 1 heterocycles. The molecule has 0 saturated heterocycles. The van der Waals surface area contributed by atoms with E-state index in [4.69, 9.17) is 9.63 Å². The van der Waals surface area contributed by atoms with Crippen molar-refractivity contribution in [3.05, 3.63) is 41.0 Å². The van der Waals surface area contributed by atoms with Crippen molar-refractivity contribution in [3.63, 3.8) is 0 Å². The summed E-state index contributed by atoms with van der Waals surface area (Å²) >= 11 is 0. The molecule has 0 bridgehead atoms. The van der Waals surface area contributed by atoms with Crippen LogP contribution in [0, 0.1) is 19.7 Å². The molecule has 2 aromatic rings. The third-order valence-corrected chi connectivity index (χ3v) is 4.31. The molecule has 2 rings (SSSR count). The topological polar surface area (TPSA) is 110 Å². The first kappa shape index (κ1) is 15.0. The van der Waals surface area contributed by atoms with Gasteiger partial charge in [0.25, 0.3) is 10.0 Å². The number of carboxylic acids is 1. The summed E-state index contributed by atoms with van der Waals surface area (Å²) in [6.07, 6.45) is 0. The van der Waals surface area contributed by atoms with Crippen LogP contribution >= 0.6 is 0 Å². The number of aryl methyl sites for hydroxylation is 2. The minimum atomic E-state index is -4.22. The smallest absolute Gasteiger partial charge is 0.337 e. The minimum absolute atomic E-state index is 0.0215. The molecule has 0 fully saturated rings. The summed E-state index contributed by atoms with van der Waals surface area (Å²) in [6, 6.07) is 3.22. The van der Waals surface area contributed by atoms with Crippen molar-refractivity contribution in [2.75, 3.05) is 4.72 Å². The first-order valence-corrected chi connectivity index (χ1v) is 7.20. The Hall–Kier alpha value is -2.42. The molecule has 9 heteroatoms. The number of anilines is 1. The first-order valence-electron chi connectivity index (χ1n) is 5.71. The molecule has 0 radical (unpaired) electrons. The third kappa shape index (κ3) is 2.72. The van der Waals surface area contributed by atoms with Crippen molar-refractivity contribution >= 4 is 21.7 Å². The predicted molar refractivity (Wildman–Crippen MR) is 70.1 cm³/mol. The highest BCUT2D eigenvalue weighted by Gasteiger charge is 2.27. The van der Waals surface area contributed by atoms with E-state index in [1.54, 1.807) is 0 Å². The second-order valence-electron chi connectivity index (χ2n) is 4.23. The summed E-state index contributed by atoms with van der Waals surface area (Å²) in [5.41, 5.74) is -1.04. The highest BCUT2D eigenvalue weighted by atomic mass is 32.2. The number of nitrogens with zero attached hydrogens (tertiary/aromatic N) is 1. The average Bonchev–Trinajstić information content (AvgIpc) is 2.71. The summed E-state index contributed by atoms with van der Waals surface area (Å²) in [7, 11) is -4.22. The Morgan fingerprint density at radius 3 is 2.57 bits per heavy atom. The SMILES string of the molecule is Cc1noc(C)c1S(=O)(=O)Nc1c(F)cccc1C(=O)O. The van der Waals surface area contributed by atoms with Gasteiger partial charge in [0.2, 0.25) is 0 Å². The van der Waals surface area contributed by atoms with Gasteiger partial charge in [0.1, 0.15) is 11.5 Å². The number of benzene rings is 1. The number of rotatable bonds is 4. The normalized spacial score (nSPS) is 11.4. The molecule has 0 atom stereocenters. The monoisotopic (exact) mass is 314 g/mol. The summed E-state index contributed by atoms with van der Waals surface area (Å²) < 4.78 is 45.0. The molecule has 0 saturated carbocycles. The quantitative estimate of drug-likeness (QED) is 0.892. The van der Waals surface area contributed by atoms with E-state index < -0.39 is 33.1 Å². The third-order valence-electron chi connectivity index (χ3n) is 2.72. The molecule has 21 heavy (non-hydrogen) atoms. The van der Waals surface area contributed by atoms with Crippen LogP contribution in [0.1, 0.15) is 21.8 Å². The number of carboxylic acid groups (broad SMARTS) is 1. The Kier molecular flexibility index (Phi) is 3.69. The van der Waals surface area contributed by atoms with Gasteiger partial charge in [-0.1, -0.05) is 11.2 Å². The van der Waals surface area contributed by atoms with Crippen molar-refractivity contribution in [2.45, 2.75) is 18.7 Å². The lowest BCUT2D eigenvalue weighted by Crippen LogP contribution is -2.18. The Morgan fingerprint density at radius 2 is 2.05 bits per heavy atom. The van der Waals surface area contributed by atoms with Crippen molar-refractivity contribution in [2.24, 2.45) is 0 Å². The second-order valence-corrected chi connectivity index (χ2v) is 5.85. The van der Waals surface area contributed by atoms with Crippen LogP contribution in [0.4, 0.5) is 10.1 Å². The molecule has 1 aromatic heterocycles. The van der Waals surface area contributed by atoms with E-state index in [0.29, 0.717) is 0 Å². The zero-order valence-corrected chi connectivity index (χ0v) is 11.9. The van der Waals surface area contributed by atoms with Crippen LogP contribution in [-0.4, -0.2) is 24.7 Å². The Labute approximate surface area is 119 Å². The number of sulfonamides is 1. The fourth-order valence-corrected chi connectivity index (χ4v) is 3.27. The number of halogens is 1. The molecule has 7 nitrogen and oxygen atoms in total. The Balaban J connectivity index is 2.55. The summed E-state index contributed by atoms with van der Waals surface area (Å²) in [5, 5.41) is 12.5. The number of para-hydroxylation sites is 1. The van der Waals surface area contributed by atoms with E-state index in [1.165, 1.54) is 19.9 Å². The van der Waals surface area contributed by atoms with Gasteiger partial charge in [-0.3, -0.25) is 4.72 Å². The Bertz CT molecular complexity index is 794. The zero-order valence-electron chi connectivity index (χ0n) is 11.0. The van der Waals surface area contributed by atoms with Crippen LogP contribution in [0.5, 0.6) is 0 Å². The van der Waals surface area contributed by atoms with Gasteiger partial charge in [0.15, 0.2) is 10.7 Å². The van der Waals surface area contributed by atoms with E-state index in [0.717, 1.165) is 12.1 Å². The number of hydrogen-bond acceptors (Lipinski definition) is 5. The molecule has 0 amide bonds. The summed E-state index contributed by atoms with van der Waals surface area (Å²) in [5.74, 6) is -2.43. The van der Waals surface area contributed by atoms with Gasteiger partial charge in [-0.2, -0.15) is 0 Å². The van der Waals surface area contributed by atoms with E-state index in [9.17, 15) is 17.6 Å². The largest absolute Gasteiger partial charge is 0.478 e. The van der Waals surface area contributed by atoms with Crippen LogP contribution in [0.15, 0.2) is 27.6 Å². The lowest BCUT2D eigenvalue weighted by atomic mass is 10.2. The highest BCUT2D eigenvalue weighted by Crippen LogP contribution is 2.26. The fraction of sp³-hybridized carbons (Fsp3) is 0.167. The van der Waals surface area contributed by atoms with Gasteiger partial charge in [-0.25, -0.2) is 17.6 Å². The molecular formula is C12H11FN2O5S. The molecule has 112 valence electrons. The lowest BCUT2D eigenvalue weighted by molar-refractivity contribution is 0.0697. The molecule has 2 N–H and O–H groups in total. The zero-order chi connectivity index (χ0) is 15.8. The maximum atomic E-state index is 13.8.